The molecule has 3 heteroatoms. The Morgan fingerprint density at radius 3 is 2.93 bits per heavy atom. The van der Waals surface area contributed by atoms with E-state index in [1.54, 1.807) is 0 Å². The zero-order valence-corrected chi connectivity index (χ0v) is 9.25. The van der Waals surface area contributed by atoms with Crippen molar-refractivity contribution in [2.75, 3.05) is 0 Å². The van der Waals surface area contributed by atoms with Gasteiger partial charge in [0.05, 0.1) is 0 Å². The van der Waals surface area contributed by atoms with Crippen LogP contribution in [0.1, 0.15) is 17.5 Å². The number of aliphatic hydroxyl groups is 1. The Kier molecular flexibility index (Phi) is 2.45. The number of carbonyl (C=O) groups excluding carboxylic acids is 1. The van der Waals surface area contributed by atoms with Crippen LogP contribution in [0, 0.1) is 0 Å². The Bertz CT molecular complexity index is 376. The summed E-state index contributed by atoms with van der Waals surface area (Å²) in [7, 11) is 0. The lowest BCUT2D eigenvalue weighted by molar-refractivity contribution is -0.125. The molecule has 0 aliphatic heterocycles. The summed E-state index contributed by atoms with van der Waals surface area (Å²) in [6, 6.07) is 6.01. The molecule has 0 bridgehead atoms. The molecule has 0 spiro atoms. The lowest BCUT2D eigenvalue weighted by atomic mass is 9.81. The molecule has 0 radical (unpaired) electrons. The maximum Gasteiger partial charge on any atom is 0.151 e. The fourth-order valence-electron chi connectivity index (χ4n) is 1.87. The van der Waals surface area contributed by atoms with Gasteiger partial charge >= 0.3 is 0 Å². The van der Waals surface area contributed by atoms with E-state index in [0.717, 1.165) is 16.5 Å². The topological polar surface area (TPSA) is 37.3 Å². The number of hydrogen-bond donors (Lipinski definition) is 1. The van der Waals surface area contributed by atoms with E-state index in [1.165, 1.54) is 5.56 Å². The van der Waals surface area contributed by atoms with Crippen molar-refractivity contribution in [2.45, 2.75) is 24.9 Å². The Morgan fingerprint density at radius 1 is 1.43 bits per heavy atom. The van der Waals surface area contributed by atoms with E-state index in [9.17, 15) is 9.90 Å². The zero-order valence-electron chi connectivity index (χ0n) is 7.66. The Morgan fingerprint density at radius 2 is 2.21 bits per heavy atom. The molecular formula is C11H11BrO2. The first-order valence-electron chi connectivity index (χ1n) is 4.59. The van der Waals surface area contributed by atoms with Gasteiger partial charge in [-0.1, -0.05) is 22.0 Å². The first-order chi connectivity index (χ1) is 6.63. The van der Waals surface area contributed by atoms with E-state index in [1.807, 2.05) is 18.2 Å². The molecule has 0 amide bonds. The molecule has 0 saturated heterocycles. The van der Waals surface area contributed by atoms with Gasteiger partial charge in [-0.25, -0.2) is 0 Å². The highest BCUT2D eigenvalue weighted by Gasteiger charge is 2.31. The molecule has 0 saturated carbocycles. The molecule has 0 fully saturated rings. The lowest BCUT2D eigenvalue weighted by Crippen LogP contribution is -2.37. The van der Waals surface area contributed by atoms with Gasteiger partial charge in [-0.15, -0.1) is 0 Å². The average molecular weight is 255 g/mol. The van der Waals surface area contributed by atoms with Crippen molar-refractivity contribution in [2.24, 2.45) is 0 Å². The molecule has 1 N–H and O–H groups in total. The van der Waals surface area contributed by atoms with Gasteiger partial charge in [-0.2, -0.15) is 0 Å². The molecule has 1 aliphatic rings. The Balaban J connectivity index is 2.38. The summed E-state index contributed by atoms with van der Waals surface area (Å²) in [5, 5.41) is 9.83. The number of fused-ring (bicyclic) bond motifs is 1. The van der Waals surface area contributed by atoms with Gasteiger partial charge in [0.15, 0.2) is 6.29 Å². The quantitative estimate of drug-likeness (QED) is 0.778. The minimum Gasteiger partial charge on any atom is -0.382 e. The van der Waals surface area contributed by atoms with E-state index in [2.05, 4.69) is 15.9 Å². The van der Waals surface area contributed by atoms with Crippen molar-refractivity contribution in [3.63, 3.8) is 0 Å². The number of rotatable bonds is 1. The molecule has 14 heavy (non-hydrogen) atoms. The summed E-state index contributed by atoms with van der Waals surface area (Å²) in [5.41, 5.74) is 1.16. The number of aryl methyl sites for hydroxylation is 1. The third-order valence-corrected chi connectivity index (χ3v) is 3.20. The van der Waals surface area contributed by atoms with Crippen LogP contribution in [-0.4, -0.2) is 17.0 Å². The monoisotopic (exact) mass is 254 g/mol. The number of carbonyl (C=O) groups is 1. The van der Waals surface area contributed by atoms with Gasteiger partial charge < -0.3 is 9.90 Å². The molecule has 1 atom stereocenters. The minimum atomic E-state index is -1.15. The van der Waals surface area contributed by atoms with Crippen molar-refractivity contribution >= 4 is 22.2 Å². The number of hydrogen-bond acceptors (Lipinski definition) is 2. The predicted molar refractivity (Wildman–Crippen MR) is 57.2 cm³/mol. The Hall–Kier alpha value is -0.670. The molecule has 1 unspecified atom stereocenters. The molecular weight excluding hydrogens is 244 g/mol. The van der Waals surface area contributed by atoms with E-state index in [-0.39, 0.29) is 0 Å². The number of halogens is 1. The van der Waals surface area contributed by atoms with E-state index in [4.69, 9.17) is 0 Å². The summed E-state index contributed by atoms with van der Waals surface area (Å²) in [5.74, 6) is 0. The molecule has 2 rings (SSSR count). The summed E-state index contributed by atoms with van der Waals surface area (Å²) >= 11 is 3.38. The van der Waals surface area contributed by atoms with Crippen LogP contribution in [0.3, 0.4) is 0 Å². The third-order valence-electron chi connectivity index (χ3n) is 2.71. The summed E-state index contributed by atoms with van der Waals surface area (Å²) in [4.78, 5) is 10.7. The summed E-state index contributed by atoms with van der Waals surface area (Å²) in [6.45, 7) is 0. The van der Waals surface area contributed by atoms with Crippen molar-refractivity contribution in [1.82, 2.24) is 0 Å². The maximum atomic E-state index is 10.7. The normalized spacial score (nSPS) is 25.6. The Labute approximate surface area is 91.1 Å². The molecule has 1 aromatic rings. The highest BCUT2D eigenvalue weighted by atomic mass is 79.9. The standard InChI is InChI=1S/C11H11BrO2/c12-10-2-1-8-3-4-11(14,7-13)6-9(8)5-10/h1-2,5,7,14H,3-4,6H2. The van der Waals surface area contributed by atoms with Crippen LogP contribution in [0.5, 0.6) is 0 Å². The zero-order chi connectivity index (χ0) is 10.2. The van der Waals surface area contributed by atoms with E-state index in [0.29, 0.717) is 19.1 Å². The fraction of sp³-hybridized carbons (Fsp3) is 0.364. The van der Waals surface area contributed by atoms with E-state index >= 15 is 0 Å². The first kappa shape index (κ1) is 9.87. The van der Waals surface area contributed by atoms with Gasteiger partial charge in [0.1, 0.15) is 5.60 Å². The van der Waals surface area contributed by atoms with Gasteiger partial charge in [-0.3, -0.25) is 0 Å². The highest BCUT2D eigenvalue weighted by Crippen LogP contribution is 2.29. The van der Waals surface area contributed by atoms with Crippen molar-refractivity contribution < 1.29 is 9.90 Å². The first-order valence-corrected chi connectivity index (χ1v) is 5.38. The van der Waals surface area contributed by atoms with Gasteiger partial charge in [0, 0.05) is 10.9 Å². The lowest BCUT2D eigenvalue weighted by Gasteiger charge is -2.28. The van der Waals surface area contributed by atoms with Crippen LogP contribution in [0.2, 0.25) is 0 Å². The van der Waals surface area contributed by atoms with Crippen LogP contribution in [0.4, 0.5) is 0 Å². The highest BCUT2D eigenvalue weighted by molar-refractivity contribution is 9.10. The molecule has 2 nitrogen and oxygen atoms in total. The largest absolute Gasteiger partial charge is 0.382 e. The van der Waals surface area contributed by atoms with Crippen LogP contribution in [0.25, 0.3) is 0 Å². The fourth-order valence-corrected chi connectivity index (χ4v) is 2.28. The van der Waals surface area contributed by atoms with E-state index < -0.39 is 5.60 Å². The van der Waals surface area contributed by atoms with Crippen LogP contribution in [0.15, 0.2) is 22.7 Å². The molecule has 0 heterocycles. The second kappa shape index (κ2) is 3.48. The van der Waals surface area contributed by atoms with Crippen molar-refractivity contribution in [3.8, 4) is 0 Å². The molecule has 74 valence electrons. The van der Waals surface area contributed by atoms with Crippen LogP contribution >= 0.6 is 15.9 Å². The average Bonchev–Trinajstić information content (AvgIpc) is 2.17. The van der Waals surface area contributed by atoms with Gasteiger partial charge in [0.2, 0.25) is 0 Å². The van der Waals surface area contributed by atoms with Gasteiger partial charge in [-0.05, 0) is 36.1 Å². The van der Waals surface area contributed by atoms with Gasteiger partial charge in [0.25, 0.3) is 0 Å². The smallest absolute Gasteiger partial charge is 0.151 e. The maximum absolute atomic E-state index is 10.7. The number of benzene rings is 1. The second-order valence-corrected chi connectivity index (χ2v) is 4.73. The third kappa shape index (κ3) is 1.74. The van der Waals surface area contributed by atoms with Crippen LogP contribution < -0.4 is 0 Å². The molecule has 1 aliphatic carbocycles. The summed E-state index contributed by atoms with van der Waals surface area (Å²) < 4.78 is 0.992. The second-order valence-electron chi connectivity index (χ2n) is 3.81. The molecule has 1 aromatic carbocycles. The van der Waals surface area contributed by atoms with Crippen molar-refractivity contribution in [3.05, 3.63) is 33.8 Å². The SMILES string of the molecule is O=CC1(O)CCc2ccc(Br)cc2C1. The summed E-state index contributed by atoms with van der Waals surface area (Å²) in [6.07, 6.45) is 2.41. The number of aldehydes is 1. The van der Waals surface area contributed by atoms with Crippen molar-refractivity contribution in [1.29, 1.82) is 0 Å². The van der Waals surface area contributed by atoms with Crippen LogP contribution in [-0.2, 0) is 17.6 Å². The minimum absolute atomic E-state index is 0.436. The molecule has 0 aromatic heterocycles. The predicted octanol–water partition coefficient (Wildman–Crippen LogP) is 1.87.